The zero-order valence-corrected chi connectivity index (χ0v) is 14.6. The number of nitrogens with one attached hydrogen (secondary N) is 2. The van der Waals surface area contributed by atoms with E-state index < -0.39 is 0 Å². The molecule has 2 aromatic carbocycles. The first kappa shape index (κ1) is 16.9. The summed E-state index contributed by atoms with van der Waals surface area (Å²) in [6, 6.07) is 13.0. The van der Waals surface area contributed by atoms with Crippen LogP contribution in [0.15, 0.2) is 54.9 Å². The van der Waals surface area contributed by atoms with E-state index in [2.05, 4.69) is 26.7 Å². The van der Waals surface area contributed by atoms with Crippen LogP contribution in [0.25, 0.3) is 0 Å². The van der Waals surface area contributed by atoms with E-state index >= 15 is 0 Å². The number of rotatable bonds is 4. The molecule has 1 heterocycles. The summed E-state index contributed by atoms with van der Waals surface area (Å²) in [7, 11) is 0. The van der Waals surface area contributed by atoms with E-state index in [1.54, 1.807) is 24.3 Å². The van der Waals surface area contributed by atoms with Crippen molar-refractivity contribution < 1.29 is 4.79 Å². The van der Waals surface area contributed by atoms with E-state index in [-0.39, 0.29) is 5.91 Å². The van der Waals surface area contributed by atoms with Crippen LogP contribution in [-0.4, -0.2) is 15.9 Å². The van der Waals surface area contributed by atoms with Gasteiger partial charge in [0.05, 0.1) is 5.56 Å². The number of hydrogen-bond donors (Lipinski definition) is 2. The van der Waals surface area contributed by atoms with Crippen LogP contribution in [0.4, 0.5) is 17.3 Å². The maximum Gasteiger partial charge on any atom is 0.258 e. The third-order valence-corrected chi connectivity index (χ3v) is 3.90. The zero-order valence-electron chi connectivity index (χ0n) is 13.9. The van der Waals surface area contributed by atoms with Crippen molar-refractivity contribution in [2.75, 3.05) is 10.6 Å². The predicted octanol–water partition coefficient (Wildman–Crippen LogP) is 4.74. The Morgan fingerprint density at radius 3 is 2.32 bits per heavy atom. The first-order valence-corrected chi connectivity index (χ1v) is 8.12. The van der Waals surface area contributed by atoms with Crippen molar-refractivity contribution in [2.24, 2.45) is 0 Å². The molecule has 126 valence electrons. The van der Waals surface area contributed by atoms with Gasteiger partial charge in [0.15, 0.2) is 0 Å². The van der Waals surface area contributed by atoms with Gasteiger partial charge in [-0.2, -0.15) is 0 Å². The molecule has 0 bridgehead atoms. The van der Waals surface area contributed by atoms with E-state index in [9.17, 15) is 4.79 Å². The molecule has 0 aliphatic heterocycles. The van der Waals surface area contributed by atoms with E-state index in [1.807, 2.05) is 26.0 Å². The molecule has 0 spiro atoms. The Bertz CT molecular complexity index is 892. The highest BCUT2D eigenvalue weighted by Crippen LogP contribution is 2.19. The van der Waals surface area contributed by atoms with Gasteiger partial charge in [-0.25, -0.2) is 9.97 Å². The summed E-state index contributed by atoms with van der Waals surface area (Å²) >= 11 is 5.83. The molecule has 2 N–H and O–H groups in total. The van der Waals surface area contributed by atoms with E-state index in [0.29, 0.717) is 22.2 Å². The number of amides is 1. The van der Waals surface area contributed by atoms with E-state index in [0.717, 1.165) is 11.3 Å². The number of anilines is 3. The maximum absolute atomic E-state index is 12.2. The Balaban J connectivity index is 1.69. The molecule has 25 heavy (non-hydrogen) atoms. The van der Waals surface area contributed by atoms with Gasteiger partial charge in [-0.1, -0.05) is 29.3 Å². The molecule has 0 aliphatic rings. The average molecular weight is 353 g/mol. The summed E-state index contributed by atoms with van der Waals surface area (Å²) < 4.78 is 0. The minimum Gasteiger partial charge on any atom is -0.324 e. The summed E-state index contributed by atoms with van der Waals surface area (Å²) in [6.45, 7) is 4.06. The van der Waals surface area contributed by atoms with Crippen LogP contribution < -0.4 is 10.6 Å². The lowest BCUT2D eigenvalue weighted by atomic mass is 10.1. The molecule has 6 heteroatoms. The van der Waals surface area contributed by atoms with Gasteiger partial charge in [0.25, 0.3) is 5.91 Å². The van der Waals surface area contributed by atoms with Gasteiger partial charge in [-0.15, -0.1) is 0 Å². The summed E-state index contributed by atoms with van der Waals surface area (Å²) in [5.41, 5.74) is 4.27. The highest BCUT2D eigenvalue weighted by Gasteiger charge is 2.08. The Labute approximate surface area is 151 Å². The molecule has 0 atom stereocenters. The highest BCUT2D eigenvalue weighted by atomic mass is 35.5. The van der Waals surface area contributed by atoms with Crippen LogP contribution in [0.3, 0.4) is 0 Å². The van der Waals surface area contributed by atoms with Gasteiger partial charge in [0.1, 0.15) is 0 Å². The minimum atomic E-state index is -0.277. The number of nitrogens with zero attached hydrogens (tertiary/aromatic N) is 2. The van der Waals surface area contributed by atoms with Crippen LogP contribution in [0.1, 0.15) is 21.5 Å². The van der Waals surface area contributed by atoms with Gasteiger partial charge in [0.2, 0.25) is 5.95 Å². The highest BCUT2D eigenvalue weighted by molar-refractivity contribution is 6.30. The summed E-state index contributed by atoms with van der Waals surface area (Å²) in [5, 5.41) is 6.54. The second kappa shape index (κ2) is 7.32. The Morgan fingerprint density at radius 2 is 1.68 bits per heavy atom. The Hall–Kier alpha value is -2.92. The topological polar surface area (TPSA) is 66.9 Å². The lowest BCUT2D eigenvalue weighted by molar-refractivity contribution is 0.102. The van der Waals surface area contributed by atoms with Crippen LogP contribution in [0.5, 0.6) is 0 Å². The van der Waals surface area contributed by atoms with Gasteiger partial charge < -0.3 is 10.6 Å². The van der Waals surface area contributed by atoms with Gasteiger partial charge in [-0.3, -0.25) is 4.79 Å². The summed E-state index contributed by atoms with van der Waals surface area (Å²) in [5.74, 6) is 0.162. The third kappa shape index (κ3) is 4.33. The van der Waals surface area contributed by atoms with Crippen LogP contribution in [-0.2, 0) is 0 Å². The molecule has 0 aliphatic carbocycles. The molecule has 0 unspecified atom stereocenters. The van der Waals surface area contributed by atoms with Crippen LogP contribution in [0, 0.1) is 13.8 Å². The molecular formula is C19H17ClN4O. The van der Waals surface area contributed by atoms with Crippen LogP contribution in [0.2, 0.25) is 5.02 Å². The van der Waals surface area contributed by atoms with Crippen molar-refractivity contribution in [1.29, 1.82) is 0 Å². The number of aryl methyl sites for hydroxylation is 2. The first-order valence-electron chi connectivity index (χ1n) is 7.74. The monoisotopic (exact) mass is 352 g/mol. The van der Waals surface area contributed by atoms with Crippen molar-refractivity contribution in [3.05, 3.63) is 76.6 Å². The molecule has 0 saturated heterocycles. The lowest BCUT2D eigenvalue weighted by Gasteiger charge is -2.09. The fraction of sp³-hybridized carbons (Fsp3) is 0.105. The average Bonchev–Trinajstić information content (AvgIpc) is 2.60. The fourth-order valence-electron chi connectivity index (χ4n) is 2.32. The lowest BCUT2D eigenvalue weighted by Crippen LogP contribution is -2.13. The molecule has 0 fully saturated rings. The first-order chi connectivity index (χ1) is 12.0. The Morgan fingerprint density at radius 1 is 1.00 bits per heavy atom. The molecule has 1 aromatic heterocycles. The van der Waals surface area contributed by atoms with Crippen LogP contribution >= 0.6 is 11.6 Å². The maximum atomic E-state index is 12.2. The summed E-state index contributed by atoms with van der Waals surface area (Å²) in [6.07, 6.45) is 2.98. The van der Waals surface area contributed by atoms with Gasteiger partial charge in [0, 0.05) is 28.8 Å². The minimum absolute atomic E-state index is 0.277. The molecule has 3 rings (SSSR count). The molecule has 0 saturated carbocycles. The van der Waals surface area contributed by atoms with Crippen molar-refractivity contribution in [1.82, 2.24) is 9.97 Å². The van der Waals surface area contributed by atoms with E-state index in [4.69, 9.17) is 11.6 Å². The number of carbonyl (C=O) groups is 1. The second-order valence-electron chi connectivity index (χ2n) is 5.70. The predicted molar refractivity (Wildman–Crippen MR) is 101 cm³/mol. The number of halogens is 1. The molecule has 0 radical (unpaired) electrons. The second-order valence-corrected chi connectivity index (χ2v) is 6.14. The van der Waals surface area contributed by atoms with Crippen molar-refractivity contribution in [3.63, 3.8) is 0 Å². The quantitative estimate of drug-likeness (QED) is 0.711. The molecule has 5 nitrogen and oxygen atoms in total. The molecule has 1 amide bonds. The van der Waals surface area contributed by atoms with Crippen molar-refractivity contribution in [2.45, 2.75) is 13.8 Å². The Kier molecular flexibility index (Phi) is 4.95. The largest absolute Gasteiger partial charge is 0.324 e. The normalized spacial score (nSPS) is 10.4. The van der Waals surface area contributed by atoms with Crippen molar-refractivity contribution >= 4 is 34.8 Å². The standard InChI is InChI=1S/C19H17ClN4O/c1-12-3-8-17(13(2)9-12)24-19-21-10-14(11-22-19)18(25)23-16-6-4-15(20)5-7-16/h3-11H,1-2H3,(H,23,25)(H,21,22,24). The SMILES string of the molecule is Cc1ccc(Nc2ncc(C(=O)Nc3ccc(Cl)cc3)cn2)c(C)c1. The number of aromatic nitrogens is 2. The number of hydrogen-bond acceptors (Lipinski definition) is 4. The van der Waals surface area contributed by atoms with Crippen molar-refractivity contribution in [3.8, 4) is 0 Å². The molecular weight excluding hydrogens is 336 g/mol. The molecule has 3 aromatic rings. The number of benzene rings is 2. The fourth-order valence-corrected chi connectivity index (χ4v) is 2.45. The van der Waals surface area contributed by atoms with Gasteiger partial charge in [-0.05, 0) is 49.7 Å². The van der Waals surface area contributed by atoms with Gasteiger partial charge >= 0.3 is 0 Å². The number of carbonyl (C=O) groups excluding carboxylic acids is 1. The smallest absolute Gasteiger partial charge is 0.258 e. The third-order valence-electron chi connectivity index (χ3n) is 3.64. The summed E-state index contributed by atoms with van der Waals surface area (Å²) in [4.78, 5) is 20.6. The zero-order chi connectivity index (χ0) is 17.8. The van der Waals surface area contributed by atoms with E-state index in [1.165, 1.54) is 18.0 Å².